The summed E-state index contributed by atoms with van der Waals surface area (Å²) in [6, 6.07) is 0. The van der Waals surface area contributed by atoms with E-state index in [0.717, 1.165) is 6.42 Å². The van der Waals surface area contributed by atoms with E-state index in [9.17, 15) is 4.79 Å². The van der Waals surface area contributed by atoms with Crippen molar-refractivity contribution in [1.82, 2.24) is 5.32 Å². The molecule has 0 aromatic rings. The summed E-state index contributed by atoms with van der Waals surface area (Å²) in [5.41, 5.74) is 5.29. The van der Waals surface area contributed by atoms with E-state index in [0.29, 0.717) is 30.3 Å². The molecule has 1 unspecified atom stereocenters. The topological polar surface area (TPSA) is 55.1 Å². The molecule has 0 bridgehead atoms. The van der Waals surface area contributed by atoms with E-state index in [1.54, 1.807) is 0 Å². The van der Waals surface area contributed by atoms with Crippen LogP contribution in [0.2, 0.25) is 0 Å². The summed E-state index contributed by atoms with van der Waals surface area (Å²) in [7, 11) is 0. The van der Waals surface area contributed by atoms with Crippen molar-refractivity contribution in [2.24, 2.45) is 11.7 Å². The summed E-state index contributed by atoms with van der Waals surface area (Å²) in [5, 5.41) is 2.77. The summed E-state index contributed by atoms with van der Waals surface area (Å²) in [5.74, 6) is 0.537. The first-order valence-corrected chi connectivity index (χ1v) is 5.02. The highest BCUT2D eigenvalue weighted by Gasteiger charge is 2.05. The standard InChI is InChI=1S/C9H18N2OS/c1-3-7(2)6-9(12)11-5-4-8(10)13/h7H,3-6H2,1-2H3,(H2,10,13)(H,11,12). The number of carbonyl (C=O) groups excluding carboxylic acids is 1. The van der Waals surface area contributed by atoms with Crippen LogP contribution in [0.25, 0.3) is 0 Å². The summed E-state index contributed by atoms with van der Waals surface area (Å²) >= 11 is 4.68. The lowest BCUT2D eigenvalue weighted by atomic mass is 10.1. The van der Waals surface area contributed by atoms with Gasteiger partial charge in [-0.15, -0.1) is 0 Å². The van der Waals surface area contributed by atoms with Crippen LogP contribution in [0, 0.1) is 5.92 Å². The minimum atomic E-state index is 0.0885. The van der Waals surface area contributed by atoms with Gasteiger partial charge in [-0.3, -0.25) is 4.79 Å². The highest BCUT2D eigenvalue weighted by atomic mass is 32.1. The first-order chi connectivity index (χ1) is 6.06. The number of hydrogen-bond donors (Lipinski definition) is 2. The van der Waals surface area contributed by atoms with E-state index < -0.39 is 0 Å². The average molecular weight is 202 g/mol. The van der Waals surface area contributed by atoms with Crippen LogP contribution < -0.4 is 11.1 Å². The predicted molar refractivity (Wildman–Crippen MR) is 58.5 cm³/mol. The van der Waals surface area contributed by atoms with Crippen LogP contribution in [0.15, 0.2) is 0 Å². The van der Waals surface area contributed by atoms with Crippen LogP contribution in [-0.4, -0.2) is 17.4 Å². The van der Waals surface area contributed by atoms with Crippen molar-refractivity contribution in [2.45, 2.75) is 33.1 Å². The van der Waals surface area contributed by atoms with Gasteiger partial charge in [0.1, 0.15) is 0 Å². The number of rotatable bonds is 6. The zero-order chi connectivity index (χ0) is 10.3. The lowest BCUT2D eigenvalue weighted by molar-refractivity contribution is -0.121. The largest absolute Gasteiger partial charge is 0.393 e. The number of carbonyl (C=O) groups is 1. The Morgan fingerprint density at radius 3 is 2.69 bits per heavy atom. The Balaban J connectivity index is 3.46. The van der Waals surface area contributed by atoms with Gasteiger partial charge in [0.05, 0.1) is 4.99 Å². The smallest absolute Gasteiger partial charge is 0.220 e. The molecule has 0 aliphatic rings. The highest BCUT2D eigenvalue weighted by molar-refractivity contribution is 7.80. The molecule has 0 aromatic heterocycles. The molecule has 0 saturated heterocycles. The Kier molecular flexibility index (Phi) is 6.49. The maximum Gasteiger partial charge on any atom is 0.220 e. The monoisotopic (exact) mass is 202 g/mol. The van der Waals surface area contributed by atoms with Crippen molar-refractivity contribution in [3.63, 3.8) is 0 Å². The fourth-order valence-corrected chi connectivity index (χ4v) is 0.960. The van der Waals surface area contributed by atoms with E-state index in [-0.39, 0.29) is 5.91 Å². The normalized spacial score (nSPS) is 12.2. The lowest BCUT2D eigenvalue weighted by Gasteiger charge is -2.08. The van der Waals surface area contributed by atoms with E-state index >= 15 is 0 Å². The van der Waals surface area contributed by atoms with Crippen molar-refractivity contribution in [3.05, 3.63) is 0 Å². The van der Waals surface area contributed by atoms with Gasteiger partial charge in [0, 0.05) is 19.4 Å². The first kappa shape index (κ1) is 12.4. The fraction of sp³-hybridized carbons (Fsp3) is 0.778. The third-order valence-corrected chi connectivity index (χ3v) is 2.13. The molecule has 76 valence electrons. The van der Waals surface area contributed by atoms with Gasteiger partial charge in [0.15, 0.2) is 0 Å². The maximum atomic E-state index is 11.2. The molecular formula is C9H18N2OS. The molecule has 3 nitrogen and oxygen atoms in total. The number of nitrogens with two attached hydrogens (primary N) is 1. The molecule has 0 aromatic carbocycles. The Hall–Kier alpha value is -0.640. The number of nitrogens with one attached hydrogen (secondary N) is 1. The zero-order valence-electron chi connectivity index (χ0n) is 8.30. The quantitative estimate of drug-likeness (QED) is 0.637. The SMILES string of the molecule is CCC(C)CC(=O)NCCC(N)=S. The van der Waals surface area contributed by atoms with Crippen LogP contribution >= 0.6 is 12.2 Å². The van der Waals surface area contributed by atoms with Crippen LogP contribution in [0.5, 0.6) is 0 Å². The lowest BCUT2D eigenvalue weighted by Crippen LogP contribution is -2.28. The minimum Gasteiger partial charge on any atom is -0.393 e. The third-order valence-electron chi connectivity index (χ3n) is 1.92. The summed E-state index contributed by atoms with van der Waals surface area (Å²) in [6.45, 7) is 4.70. The summed E-state index contributed by atoms with van der Waals surface area (Å²) < 4.78 is 0. The Labute approximate surface area is 85.1 Å². The van der Waals surface area contributed by atoms with Gasteiger partial charge in [0.2, 0.25) is 5.91 Å². The predicted octanol–water partition coefficient (Wildman–Crippen LogP) is 1.22. The second kappa shape index (κ2) is 6.83. The summed E-state index contributed by atoms with van der Waals surface area (Å²) in [6.07, 6.45) is 2.21. The molecule has 0 aliphatic carbocycles. The highest BCUT2D eigenvalue weighted by Crippen LogP contribution is 2.05. The van der Waals surface area contributed by atoms with Crippen molar-refractivity contribution in [2.75, 3.05) is 6.54 Å². The van der Waals surface area contributed by atoms with Crippen molar-refractivity contribution in [1.29, 1.82) is 0 Å². The van der Waals surface area contributed by atoms with Gasteiger partial charge >= 0.3 is 0 Å². The third kappa shape index (κ3) is 7.71. The van der Waals surface area contributed by atoms with Crippen LogP contribution in [0.1, 0.15) is 33.1 Å². The van der Waals surface area contributed by atoms with Gasteiger partial charge in [-0.25, -0.2) is 0 Å². The molecule has 0 spiro atoms. The van der Waals surface area contributed by atoms with Crippen LogP contribution in [-0.2, 0) is 4.79 Å². The molecule has 0 heterocycles. The molecule has 0 fully saturated rings. The van der Waals surface area contributed by atoms with Crippen molar-refractivity contribution in [3.8, 4) is 0 Å². The van der Waals surface area contributed by atoms with Gasteiger partial charge in [-0.1, -0.05) is 32.5 Å². The van der Waals surface area contributed by atoms with E-state index in [1.165, 1.54) is 0 Å². The molecule has 0 aliphatic heterocycles. The Morgan fingerprint density at radius 2 is 2.23 bits per heavy atom. The molecule has 0 rings (SSSR count). The Bertz CT molecular complexity index is 182. The van der Waals surface area contributed by atoms with Gasteiger partial charge in [0.25, 0.3) is 0 Å². The molecule has 13 heavy (non-hydrogen) atoms. The molecular weight excluding hydrogens is 184 g/mol. The molecule has 0 saturated carbocycles. The van der Waals surface area contributed by atoms with Crippen molar-refractivity contribution < 1.29 is 4.79 Å². The number of thiocarbonyl (C=S) groups is 1. The molecule has 3 N–H and O–H groups in total. The molecule has 1 atom stereocenters. The second-order valence-electron chi connectivity index (χ2n) is 3.28. The molecule has 1 amide bonds. The zero-order valence-corrected chi connectivity index (χ0v) is 9.12. The minimum absolute atomic E-state index is 0.0885. The van der Waals surface area contributed by atoms with Crippen LogP contribution in [0.4, 0.5) is 0 Å². The van der Waals surface area contributed by atoms with E-state index in [4.69, 9.17) is 5.73 Å². The second-order valence-corrected chi connectivity index (χ2v) is 3.81. The maximum absolute atomic E-state index is 11.2. The number of hydrogen-bond acceptors (Lipinski definition) is 2. The van der Waals surface area contributed by atoms with Gasteiger partial charge < -0.3 is 11.1 Å². The van der Waals surface area contributed by atoms with E-state index in [2.05, 4.69) is 31.4 Å². The van der Waals surface area contributed by atoms with Gasteiger partial charge in [-0.2, -0.15) is 0 Å². The fourth-order valence-electron chi connectivity index (χ4n) is 0.858. The molecule has 0 radical (unpaired) electrons. The Morgan fingerprint density at radius 1 is 1.62 bits per heavy atom. The van der Waals surface area contributed by atoms with Crippen LogP contribution in [0.3, 0.4) is 0 Å². The average Bonchev–Trinajstić information content (AvgIpc) is 2.03. The first-order valence-electron chi connectivity index (χ1n) is 4.61. The molecule has 4 heteroatoms. The van der Waals surface area contributed by atoms with Gasteiger partial charge in [-0.05, 0) is 5.92 Å². The van der Waals surface area contributed by atoms with Crippen molar-refractivity contribution >= 4 is 23.1 Å². The summed E-state index contributed by atoms with van der Waals surface area (Å²) in [4.78, 5) is 11.6. The number of amides is 1. The van der Waals surface area contributed by atoms with E-state index in [1.807, 2.05) is 0 Å².